The van der Waals surface area contributed by atoms with Crippen molar-refractivity contribution in [2.45, 2.75) is 38.3 Å². The molecule has 8 heteroatoms. The third kappa shape index (κ3) is 5.33. The van der Waals surface area contributed by atoms with Crippen molar-refractivity contribution >= 4 is 49.6 Å². The molecule has 0 spiro atoms. The normalized spacial score (nSPS) is 18.1. The third-order valence-corrected chi connectivity index (χ3v) is 7.23. The van der Waals surface area contributed by atoms with Crippen LogP contribution in [-0.4, -0.2) is 36.6 Å². The highest BCUT2D eigenvalue weighted by Crippen LogP contribution is 2.28. The molecule has 2 aromatic carbocycles. The maximum atomic E-state index is 12.8. The minimum Gasteiger partial charge on any atom is -0.464 e. The number of fused-ring (bicyclic) bond motifs is 2. The number of hydrogen-bond acceptors (Lipinski definition) is 7. The summed E-state index contributed by atoms with van der Waals surface area (Å²) in [6.07, 6.45) is 5.98. The molecule has 1 aliphatic rings. The summed E-state index contributed by atoms with van der Waals surface area (Å²) in [5.41, 5.74) is 2.26. The Labute approximate surface area is 213 Å². The number of nitrogens with one attached hydrogen (secondary N) is 2. The fraction of sp³-hybridized carbons (Fsp3) is 0.370. The molecule has 0 bridgehead atoms. The zero-order chi connectivity index (χ0) is 24.4. The van der Waals surface area contributed by atoms with Gasteiger partial charge >= 0.3 is 0 Å². The van der Waals surface area contributed by atoms with E-state index >= 15 is 0 Å². The van der Waals surface area contributed by atoms with Crippen LogP contribution in [-0.2, 0) is 6.54 Å². The van der Waals surface area contributed by atoms with E-state index in [1.54, 1.807) is 6.26 Å². The summed E-state index contributed by atoms with van der Waals surface area (Å²) in [5, 5.41) is 8.72. The van der Waals surface area contributed by atoms with Gasteiger partial charge < -0.3 is 20.0 Å². The van der Waals surface area contributed by atoms with Gasteiger partial charge in [0.25, 0.3) is 0 Å². The average molecular weight is 536 g/mol. The largest absolute Gasteiger partial charge is 0.464 e. The molecule has 2 N–H and O–H groups in total. The number of anilines is 2. The number of halogens is 1. The first-order valence-corrected chi connectivity index (χ1v) is 12.9. The Morgan fingerprint density at radius 1 is 1.06 bits per heavy atom. The average Bonchev–Trinajstić information content (AvgIpc) is 2.86. The molecule has 4 aromatic rings. The second kappa shape index (κ2) is 10.3. The lowest BCUT2D eigenvalue weighted by atomic mass is 9.86. The lowest BCUT2D eigenvalue weighted by molar-refractivity contribution is 0.323. The van der Waals surface area contributed by atoms with Gasteiger partial charge in [-0.05, 0) is 68.5 Å². The van der Waals surface area contributed by atoms with Crippen molar-refractivity contribution in [3.8, 4) is 0 Å². The predicted octanol–water partition coefficient (Wildman–Crippen LogP) is 5.33. The Morgan fingerprint density at radius 3 is 2.66 bits per heavy atom. The standard InChI is InChI=1S/C27H30BrN5O2/c1-33(2)26-21-5-3-4-6-23(21)31-27(32-26)30-20-10-7-17(8-11-20)14-29-15-18-16-35-24-12-9-19(28)13-22(24)25(18)34/h3-6,9,12-13,16-17,20,29H,7-8,10-11,14-15H2,1-2H3,(H,30,31,32)/t17-,20+. The van der Waals surface area contributed by atoms with Gasteiger partial charge in [0.1, 0.15) is 11.4 Å². The van der Waals surface area contributed by atoms with Crippen molar-refractivity contribution < 1.29 is 4.42 Å². The quantitative estimate of drug-likeness (QED) is 0.331. The highest BCUT2D eigenvalue weighted by molar-refractivity contribution is 9.10. The van der Waals surface area contributed by atoms with E-state index in [0.717, 1.165) is 53.4 Å². The predicted molar refractivity (Wildman–Crippen MR) is 145 cm³/mol. The van der Waals surface area contributed by atoms with E-state index in [4.69, 9.17) is 14.4 Å². The van der Waals surface area contributed by atoms with Crippen LogP contribution >= 0.6 is 15.9 Å². The Balaban J connectivity index is 1.15. The topological polar surface area (TPSA) is 83.3 Å². The van der Waals surface area contributed by atoms with Crippen molar-refractivity contribution in [3.05, 3.63) is 69.0 Å². The Morgan fingerprint density at radius 2 is 1.86 bits per heavy atom. The molecular formula is C27H30BrN5O2. The van der Waals surface area contributed by atoms with Crippen LogP contribution in [0.15, 0.2) is 62.4 Å². The van der Waals surface area contributed by atoms with E-state index in [0.29, 0.717) is 41.0 Å². The number of para-hydroxylation sites is 1. The summed E-state index contributed by atoms with van der Waals surface area (Å²) < 4.78 is 6.53. The van der Waals surface area contributed by atoms with Crippen molar-refractivity contribution in [2.75, 3.05) is 30.9 Å². The van der Waals surface area contributed by atoms with Crippen LogP contribution in [0.3, 0.4) is 0 Å². The fourth-order valence-electron chi connectivity index (χ4n) is 4.84. The number of rotatable bonds is 7. The van der Waals surface area contributed by atoms with Gasteiger partial charge in [-0.15, -0.1) is 0 Å². The number of hydrogen-bond donors (Lipinski definition) is 2. The molecule has 1 saturated carbocycles. The van der Waals surface area contributed by atoms with Gasteiger partial charge in [0.05, 0.1) is 17.2 Å². The van der Waals surface area contributed by atoms with Crippen molar-refractivity contribution in [2.24, 2.45) is 5.92 Å². The second-order valence-electron chi connectivity index (χ2n) is 9.51. The molecular weight excluding hydrogens is 506 g/mol. The van der Waals surface area contributed by atoms with Crippen molar-refractivity contribution in [1.82, 2.24) is 15.3 Å². The molecule has 1 fully saturated rings. The molecule has 0 amide bonds. The number of nitrogens with zero attached hydrogens (tertiary/aromatic N) is 3. The molecule has 0 aliphatic heterocycles. The van der Waals surface area contributed by atoms with Gasteiger partial charge in [0.2, 0.25) is 5.95 Å². The van der Waals surface area contributed by atoms with Crippen molar-refractivity contribution in [3.63, 3.8) is 0 Å². The molecule has 5 rings (SSSR count). The molecule has 1 aliphatic carbocycles. The van der Waals surface area contributed by atoms with E-state index in [2.05, 4.69) is 32.6 Å². The molecule has 0 unspecified atom stereocenters. The zero-order valence-corrected chi connectivity index (χ0v) is 21.6. The second-order valence-corrected chi connectivity index (χ2v) is 10.4. The van der Waals surface area contributed by atoms with Crippen LogP contribution in [0.1, 0.15) is 31.2 Å². The van der Waals surface area contributed by atoms with E-state index in [9.17, 15) is 4.79 Å². The summed E-state index contributed by atoms with van der Waals surface area (Å²) in [6, 6.07) is 14.0. The molecule has 0 radical (unpaired) electrons. The van der Waals surface area contributed by atoms with Crippen LogP contribution in [0, 0.1) is 5.92 Å². The van der Waals surface area contributed by atoms with E-state index in [-0.39, 0.29) is 5.43 Å². The first-order chi connectivity index (χ1) is 17.0. The minimum absolute atomic E-state index is 0.0282. The van der Waals surface area contributed by atoms with Crippen LogP contribution in [0.4, 0.5) is 11.8 Å². The highest BCUT2D eigenvalue weighted by Gasteiger charge is 2.22. The van der Waals surface area contributed by atoms with E-state index < -0.39 is 0 Å². The first-order valence-electron chi connectivity index (χ1n) is 12.1. The van der Waals surface area contributed by atoms with Crippen LogP contribution in [0.5, 0.6) is 0 Å². The first kappa shape index (κ1) is 23.8. The van der Waals surface area contributed by atoms with E-state index in [1.165, 1.54) is 0 Å². The van der Waals surface area contributed by atoms with Crippen LogP contribution in [0.2, 0.25) is 0 Å². The summed E-state index contributed by atoms with van der Waals surface area (Å²) >= 11 is 3.43. The molecule has 35 heavy (non-hydrogen) atoms. The molecule has 2 heterocycles. The van der Waals surface area contributed by atoms with Gasteiger partial charge in [0, 0.05) is 42.1 Å². The molecule has 182 valence electrons. The van der Waals surface area contributed by atoms with Gasteiger partial charge in [-0.1, -0.05) is 28.1 Å². The van der Waals surface area contributed by atoms with Crippen molar-refractivity contribution in [1.29, 1.82) is 0 Å². The lowest BCUT2D eigenvalue weighted by Crippen LogP contribution is -2.32. The SMILES string of the molecule is CN(C)c1nc(N[C@H]2CC[C@@H](CNCc3coc4ccc(Br)cc4c3=O)CC2)nc2ccccc12. The van der Waals surface area contributed by atoms with Gasteiger partial charge in [-0.25, -0.2) is 4.98 Å². The lowest BCUT2D eigenvalue weighted by Gasteiger charge is -2.29. The summed E-state index contributed by atoms with van der Waals surface area (Å²) in [7, 11) is 4.02. The molecule has 2 aromatic heterocycles. The van der Waals surface area contributed by atoms with Crippen LogP contribution < -0.4 is 21.0 Å². The molecule has 0 atom stereocenters. The highest BCUT2D eigenvalue weighted by atomic mass is 79.9. The van der Waals surface area contributed by atoms with Crippen LogP contribution in [0.25, 0.3) is 21.9 Å². The number of aromatic nitrogens is 2. The third-order valence-electron chi connectivity index (χ3n) is 6.74. The van der Waals surface area contributed by atoms with Gasteiger partial charge in [-0.3, -0.25) is 4.79 Å². The maximum Gasteiger partial charge on any atom is 0.225 e. The van der Waals surface area contributed by atoms with Gasteiger partial charge in [0.15, 0.2) is 5.43 Å². The zero-order valence-electron chi connectivity index (χ0n) is 20.1. The minimum atomic E-state index is 0.0282. The van der Waals surface area contributed by atoms with E-state index in [1.807, 2.05) is 55.4 Å². The monoisotopic (exact) mass is 535 g/mol. The maximum absolute atomic E-state index is 12.8. The summed E-state index contributed by atoms with van der Waals surface area (Å²) in [6.45, 7) is 1.40. The molecule has 7 nitrogen and oxygen atoms in total. The molecule has 0 saturated heterocycles. The smallest absolute Gasteiger partial charge is 0.225 e. The fourth-order valence-corrected chi connectivity index (χ4v) is 5.20. The summed E-state index contributed by atoms with van der Waals surface area (Å²) in [5.74, 6) is 2.22. The number of benzene rings is 2. The van der Waals surface area contributed by atoms with Gasteiger partial charge in [-0.2, -0.15) is 4.98 Å². The summed E-state index contributed by atoms with van der Waals surface area (Å²) in [4.78, 5) is 24.3. The Kier molecular flexibility index (Phi) is 7.02. The Bertz CT molecular complexity index is 1400. The Hall–Kier alpha value is -2.97.